The number of nitrogens with one attached hydrogen (secondary N) is 2. The summed E-state index contributed by atoms with van der Waals surface area (Å²) in [5.74, 6) is 0.540. The molecule has 1 aromatic carbocycles. The number of quaternary nitrogens is 1. The molecule has 0 saturated carbocycles. The van der Waals surface area contributed by atoms with Crippen LogP contribution >= 0.6 is 0 Å². The maximum atomic E-state index is 11.2. The van der Waals surface area contributed by atoms with E-state index in [1.807, 2.05) is 24.4 Å². The number of benzene rings is 1. The molecule has 0 spiro atoms. The number of fused-ring (bicyclic) bond motifs is 3. The fraction of sp³-hybridized carbons (Fsp3) is 0.143. The average Bonchev–Trinajstić information content (AvgIpc) is 2.73. The van der Waals surface area contributed by atoms with Crippen LogP contribution in [0.4, 0.5) is 16.2 Å². The zero-order chi connectivity index (χ0) is 13.4. The Hall–Kier alpha value is -2.11. The fourth-order valence-corrected chi connectivity index (χ4v) is 2.36. The van der Waals surface area contributed by atoms with Crippen molar-refractivity contribution >= 4 is 17.5 Å². The van der Waals surface area contributed by atoms with Crippen molar-refractivity contribution in [2.45, 2.75) is 0 Å². The van der Waals surface area contributed by atoms with Crippen LogP contribution in [-0.4, -0.2) is 25.2 Å². The monoisotopic (exact) mass is 291 g/mol. The molecule has 104 valence electrons. The first-order chi connectivity index (χ1) is 9.20. The molecule has 20 heavy (non-hydrogen) atoms. The van der Waals surface area contributed by atoms with E-state index in [0.717, 1.165) is 21.8 Å². The molecular weight excluding hydrogens is 278 g/mol. The number of pyridine rings is 1. The van der Waals surface area contributed by atoms with Crippen LogP contribution in [0.1, 0.15) is 0 Å². The Labute approximate surface area is 123 Å². The van der Waals surface area contributed by atoms with Gasteiger partial charge in [-0.1, -0.05) is 0 Å². The van der Waals surface area contributed by atoms with E-state index in [0.29, 0.717) is 5.75 Å². The molecule has 0 radical (unpaired) electrons. The molecule has 0 fully saturated rings. The van der Waals surface area contributed by atoms with E-state index in [1.165, 1.54) is 12.6 Å². The highest BCUT2D eigenvalue weighted by molar-refractivity contribution is 5.85. The van der Waals surface area contributed by atoms with Gasteiger partial charge in [0.2, 0.25) is 0 Å². The smallest absolute Gasteiger partial charge is 0.412 e. The van der Waals surface area contributed by atoms with E-state index in [9.17, 15) is 4.79 Å². The summed E-state index contributed by atoms with van der Waals surface area (Å²) < 4.78 is 5.16. The van der Waals surface area contributed by atoms with Gasteiger partial charge in [0, 0.05) is 24.9 Å². The maximum absolute atomic E-state index is 11.2. The van der Waals surface area contributed by atoms with Gasteiger partial charge in [0.15, 0.2) is 5.69 Å². The van der Waals surface area contributed by atoms with E-state index in [2.05, 4.69) is 17.3 Å². The van der Waals surface area contributed by atoms with Crippen molar-refractivity contribution in [1.82, 2.24) is 10.3 Å². The largest absolute Gasteiger partial charge is 1.00 e. The average molecular weight is 292 g/mol. The number of carbonyl (C=O) groups is 1. The predicted molar refractivity (Wildman–Crippen MR) is 71.0 cm³/mol. The number of halogens is 1. The third-order valence-corrected chi connectivity index (χ3v) is 3.32. The van der Waals surface area contributed by atoms with Crippen molar-refractivity contribution in [2.75, 3.05) is 14.1 Å². The van der Waals surface area contributed by atoms with Crippen LogP contribution < -0.4 is 27.4 Å². The van der Waals surface area contributed by atoms with Crippen molar-refractivity contribution in [3.8, 4) is 16.9 Å². The molecule has 1 unspecified atom stereocenters. The molecular formula is C14H14ClN3O2. The van der Waals surface area contributed by atoms with Crippen LogP contribution in [0, 0.1) is 0 Å². The van der Waals surface area contributed by atoms with Crippen LogP contribution in [0.3, 0.4) is 0 Å². The summed E-state index contributed by atoms with van der Waals surface area (Å²) >= 11 is 0. The van der Waals surface area contributed by atoms with Gasteiger partial charge < -0.3 is 22.5 Å². The highest BCUT2D eigenvalue weighted by Crippen LogP contribution is 2.37. The Morgan fingerprint density at radius 2 is 2.00 bits per heavy atom. The van der Waals surface area contributed by atoms with Gasteiger partial charge in [-0.25, -0.2) is 4.79 Å². The number of rotatable bonds is 1. The zero-order valence-electron chi connectivity index (χ0n) is 11.1. The van der Waals surface area contributed by atoms with E-state index >= 15 is 0 Å². The minimum absolute atomic E-state index is 0. The molecule has 1 aliphatic rings. The van der Waals surface area contributed by atoms with Gasteiger partial charge in [-0.15, -0.1) is 0 Å². The second-order valence-electron chi connectivity index (χ2n) is 4.39. The van der Waals surface area contributed by atoms with Crippen molar-refractivity contribution < 1.29 is 26.8 Å². The minimum Gasteiger partial charge on any atom is -1.00 e. The second-order valence-corrected chi connectivity index (χ2v) is 4.39. The highest BCUT2D eigenvalue weighted by Gasteiger charge is 2.29. The van der Waals surface area contributed by atoms with Crippen molar-refractivity contribution in [3.63, 3.8) is 0 Å². The number of carbonyl (C=O) groups excluding carboxylic acids is 1. The van der Waals surface area contributed by atoms with Crippen LogP contribution in [0.25, 0.3) is 11.1 Å². The van der Waals surface area contributed by atoms with Gasteiger partial charge in [0.1, 0.15) is 11.4 Å². The molecule has 1 amide bonds. The molecule has 2 aromatic rings. The van der Waals surface area contributed by atoms with E-state index in [4.69, 9.17) is 4.74 Å². The van der Waals surface area contributed by atoms with Crippen LogP contribution in [0.5, 0.6) is 5.75 Å². The molecule has 2 N–H and O–H groups in total. The fourth-order valence-electron chi connectivity index (χ4n) is 2.36. The van der Waals surface area contributed by atoms with E-state index < -0.39 is 6.09 Å². The van der Waals surface area contributed by atoms with Crippen molar-refractivity contribution in [2.24, 2.45) is 0 Å². The second kappa shape index (κ2) is 5.48. The number of nitrogens with zero attached hydrogens (tertiary/aromatic N) is 1. The number of aromatic nitrogens is 1. The Bertz CT molecular complexity index is 661. The van der Waals surface area contributed by atoms with Gasteiger partial charge in [0.05, 0.1) is 18.8 Å². The highest BCUT2D eigenvalue weighted by atomic mass is 35.5. The molecule has 2 heterocycles. The molecule has 3 rings (SSSR count). The third-order valence-electron chi connectivity index (χ3n) is 3.32. The lowest BCUT2D eigenvalue weighted by atomic mass is 10.1. The lowest BCUT2D eigenvalue weighted by Gasteiger charge is -2.08. The van der Waals surface area contributed by atoms with E-state index in [-0.39, 0.29) is 12.4 Å². The first-order valence-electron chi connectivity index (χ1n) is 6.03. The summed E-state index contributed by atoms with van der Waals surface area (Å²) in [5, 5.41) is 2.43. The van der Waals surface area contributed by atoms with Gasteiger partial charge in [-0.2, -0.15) is 0 Å². The molecule has 0 bridgehead atoms. The number of ether oxygens (including phenoxy) is 1. The molecule has 0 aliphatic carbocycles. The zero-order valence-corrected chi connectivity index (χ0v) is 11.9. The lowest BCUT2D eigenvalue weighted by molar-refractivity contribution is -0.731. The quantitative estimate of drug-likeness (QED) is 0.656. The SMILES string of the molecule is CNC(=O)Oc1ccc2c(c1)[NH+](C)c1cnccc1-2.[Cl-]. The summed E-state index contributed by atoms with van der Waals surface area (Å²) in [6.45, 7) is 0. The summed E-state index contributed by atoms with van der Waals surface area (Å²) in [6, 6.07) is 7.67. The number of hydrogen-bond acceptors (Lipinski definition) is 3. The van der Waals surface area contributed by atoms with Crippen LogP contribution in [-0.2, 0) is 0 Å². The number of amides is 1. The normalized spacial score (nSPS) is 14.8. The standard InChI is InChI=1S/C14H13N3O2.ClH/c1-15-14(18)19-9-3-4-10-11-5-6-16-8-13(11)17(2)12(10)7-9;/h3-8H,1-2H3,(H,15,18);1H. The number of hydrogen-bond donors (Lipinski definition) is 2. The molecule has 1 aromatic heterocycles. The summed E-state index contributed by atoms with van der Waals surface area (Å²) in [7, 11) is 3.59. The van der Waals surface area contributed by atoms with Crippen LogP contribution in [0.15, 0.2) is 36.7 Å². The Balaban J connectivity index is 0.00000147. The van der Waals surface area contributed by atoms with Gasteiger partial charge >= 0.3 is 6.09 Å². The summed E-state index contributed by atoms with van der Waals surface area (Å²) in [6.07, 6.45) is 3.19. The molecule has 5 nitrogen and oxygen atoms in total. The van der Waals surface area contributed by atoms with E-state index in [1.54, 1.807) is 12.3 Å². The molecule has 6 heteroatoms. The molecule has 0 saturated heterocycles. The molecule has 1 aliphatic heterocycles. The van der Waals surface area contributed by atoms with Gasteiger partial charge in [-0.05, 0) is 18.2 Å². The Morgan fingerprint density at radius 1 is 1.25 bits per heavy atom. The summed E-state index contributed by atoms with van der Waals surface area (Å²) in [4.78, 5) is 16.5. The van der Waals surface area contributed by atoms with Crippen molar-refractivity contribution in [1.29, 1.82) is 0 Å². The first-order valence-corrected chi connectivity index (χ1v) is 6.03. The minimum atomic E-state index is -0.463. The van der Waals surface area contributed by atoms with Crippen molar-refractivity contribution in [3.05, 3.63) is 36.7 Å². The van der Waals surface area contributed by atoms with Gasteiger partial charge in [0.25, 0.3) is 0 Å². The van der Waals surface area contributed by atoms with Crippen LogP contribution in [0.2, 0.25) is 0 Å². The lowest BCUT2D eigenvalue weighted by Crippen LogP contribution is -3.00. The Kier molecular flexibility index (Phi) is 3.92. The Morgan fingerprint density at radius 3 is 2.75 bits per heavy atom. The predicted octanol–water partition coefficient (Wildman–Crippen LogP) is -1.74. The maximum Gasteiger partial charge on any atom is 0.412 e. The topological polar surface area (TPSA) is 55.7 Å². The molecule has 1 atom stereocenters. The summed E-state index contributed by atoms with van der Waals surface area (Å²) in [5.41, 5.74) is 4.55. The van der Waals surface area contributed by atoms with Gasteiger partial charge in [-0.3, -0.25) is 9.88 Å². The first kappa shape index (κ1) is 14.3. The third kappa shape index (κ3) is 2.21.